The molecule has 11 nitrogen and oxygen atoms in total. The van der Waals surface area contributed by atoms with Crippen LogP contribution in [0.5, 0.6) is 0 Å². The summed E-state index contributed by atoms with van der Waals surface area (Å²) in [7, 11) is 0. The fourth-order valence-electron chi connectivity index (χ4n) is 4.40. The van der Waals surface area contributed by atoms with Gasteiger partial charge in [0.05, 0.1) is 25.5 Å². The number of rotatable bonds is 11. The minimum Gasteiger partial charge on any atom is -0.445 e. The van der Waals surface area contributed by atoms with Crippen LogP contribution in [-0.4, -0.2) is 65.9 Å². The molecule has 13 heteroatoms. The number of thioether (sulfide) groups is 1. The minimum absolute atomic E-state index is 0.0987. The SMILES string of the molecule is C=CCOC(=O)Nc1cc(C)cc(CN(C(=O)OC(C)(C)C)c2cc(N3CCOCC3)cc(CSc3nnc(CC)s3)n2)c1. The Bertz CT molecular complexity index is 1450. The van der Waals surface area contributed by atoms with Crippen LogP contribution in [0.1, 0.15) is 49.5 Å². The van der Waals surface area contributed by atoms with Gasteiger partial charge in [-0.25, -0.2) is 14.6 Å². The normalized spacial score (nSPS) is 13.3. The lowest BCUT2D eigenvalue weighted by Crippen LogP contribution is -2.38. The molecule has 1 fully saturated rings. The van der Waals surface area contributed by atoms with Crippen molar-refractivity contribution in [3.05, 3.63) is 64.8 Å². The maximum atomic E-state index is 13.8. The summed E-state index contributed by atoms with van der Waals surface area (Å²) in [5.41, 5.74) is 3.26. The number of pyridine rings is 1. The third-order valence-corrected chi connectivity index (χ3v) is 8.50. The summed E-state index contributed by atoms with van der Waals surface area (Å²) in [6, 6.07) is 9.58. The van der Waals surface area contributed by atoms with E-state index in [1.165, 1.54) is 11.0 Å². The Hall–Kier alpha value is -3.68. The molecule has 0 aliphatic carbocycles. The number of nitrogens with one attached hydrogen (secondary N) is 1. The maximum absolute atomic E-state index is 13.8. The second kappa shape index (κ2) is 15.4. The van der Waals surface area contributed by atoms with Gasteiger partial charge in [-0.05, 0) is 63.4 Å². The third-order valence-electron chi connectivity index (χ3n) is 6.27. The van der Waals surface area contributed by atoms with Gasteiger partial charge in [0.1, 0.15) is 23.0 Å². The monoisotopic (exact) mass is 640 g/mol. The largest absolute Gasteiger partial charge is 0.445 e. The predicted molar refractivity (Wildman–Crippen MR) is 175 cm³/mol. The van der Waals surface area contributed by atoms with Gasteiger partial charge in [0, 0.05) is 36.3 Å². The van der Waals surface area contributed by atoms with Crippen LogP contribution in [0.3, 0.4) is 0 Å². The fourth-order valence-corrected chi connectivity index (χ4v) is 6.13. The van der Waals surface area contributed by atoms with Crippen molar-refractivity contribution in [2.75, 3.05) is 48.0 Å². The second-order valence-corrected chi connectivity index (χ2v) is 13.4. The van der Waals surface area contributed by atoms with Crippen molar-refractivity contribution < 1.29 is 23.8 Å². The second-order valence-electron chi connectivity index (χ2n) is 11.2. The lowest BCUT2D eigenvalue weighted by Gasteiger charge is -2.31. The number of hydrogen-bond acceptors (Lipinski definition) is 11. The first-order valence-electron chi connectivity index (χ1n) is 14.5. The van der Waals surface area contributed by atoms with E-state index >= 15 is 0 Å². The molecule has 236 valence electrons. The molecule has 0 bridgehead atoms. The third kappa shape index (κ3) is 9.93. The predicted octanol–water partition coefficient (Wildman–Crippen LogP) is 6.61. The molecule has 1 N–H and O–H groups in total. The highest BCUT2D eigenvalue weighted by atomic mass is 32.2. The van der Waals surface area contributed by atoms with Crippen LogP contribution in [-0.2, 0) is 32.9 Å². The highest BCUT2D eigenvalue weighted by Gasteiger charge is 2.27. The number of aryl methyl sites for hydroxylation is 2. The Morgan fingerprint density at radius 3 is 2.64 bits per heavy atom. The number of anilines is 3. The number of carbonyl (C=O) groups excluding carboxylic acids is 2. The van der Waals surface area contributed by atoms with E-state index in [1.807, 2.05) is 52.0 Å². The molecule has 0 spiro atoms. The number of hydrogen-bond donors (Lipinski definition) is 1. The van der Waals surface area contributed by atoms with Gasteiger partial charge in [-0.3, -0.25) is 10.2 Å². The van der Waals surface area contributed by atoms with E-state index in [0.29, 0.717) is 30.5 Å². The first kappa shape index (κ1) is 33.2. The summed E-state index contributed by atoms with van der Waals surface area (Å²) in [6.07, 6.45) is 1.22. The molecule has 3 aromatic rings. The van der Waals surface area contributed by atoms with Crippen molar-refractivity contribution in [2.24, 2.45) is 0 Å². The number of carbonyl (C=O) groups is 2. The molecule has 0 saturated carbocycles. The van der Waals surface area contributed by atoms with Gasteiger partial charge in [-0.1, -0.05) is 48.7 Å². The van der Waals surface area contributed by atoms with Crippen LogP contribution in [0.2, 0.25) is 0 Å². The van der Waals surface area contributed by atoms with Crippen molar-refractivity contribution in [1.29, 1.82) is 0 Å². The zero-order valence-electron chi connectivity index (χ0n) is 25.9. The lowest BCUT2D eigenvalue weighted by atomic mass is 10.1. The molecular formula is C31H40N6O5S2. The van der Waals surface area contributed by atoms with E-state index in [1.54, 1.807) is 23.1 Å². The number of benzene rings is 1. The zero-order chi connectivity index (χ0) is 31.7. The molecule has 1 aliphatic heterocycles. The van der Waals surface area contributed by atoms with Crippen molar-refractivity contribution in [1.82, 2.24) is 15.2 Å². The highest BCUT2D eigenvalue weighted by molar-refractivity contribution is 8.00. The fraction of sp³-hybridized carbons (Fsp3) is 0.452. The van der Waals surface area contributed by atoms with Crippen LogP contribution in [0, 0.1) is 6.92 Å². The summed E-state index contributed by atoms with van der Waals surface area (Å²) in [6.45, 7) is 16.0. The molecule has 3 heterocycles. The van der Waals surface area contributed by atoms with Gasteiger partial charge in [-0.2, -0.15) is 0 Å². The van der Waals surface area contributed by atoms with Gasteiger partial charge in [0.15, 0.2) is 4.34 Å². The summed E-state index contributed by atoms with van der Waals surface area (Å²) in [4.78, 5) is 34.7. The molecule has 0 atom stereocenters. The van der Waals surface area contributed by atoms with E-state index in [2.05, 4.69) is 40.0 Å². The van der Waals surface area contributed by atoms with Crippen LogP contribution in [0.15, 0.2) is 47.3 Å². The van der Waals surface area contributed by atoms with Crippen molar-refractivity contribution in [3.63, 3.8) is 0 Å². The molecule has 1 saturated heterocycles. The first-order chi connectivity index (χ1) is 21.0. The Morgan fingerprint density at radius 1 is 1.18 bits per heavy atom. The molecule has 2 aromatic heterocycles. The Kier molecular flexibility index (Phi) is 11.6. The zero-order valence-corrected chi connectivity index (χ0v) is 27.6. The molecule has 2 amide bonds. The molecular weight excluding hydrogens is 601 g/mol. The number of ether oxygens (including phenoxy) is 3. The summed E-state index contributed by atoms with van der Waals surface area (Å²) in [5, 5.41) is 12.3. The summed E-state index contributed by atoms with van der Waals surface area (Å²) in [5.74, 6) is 1.02. The number of aromatic nitrogens is 3. The molecule has 44 heavy (non-hydrogen) atoms. The Labute approximate surface area is 267 Å². The molecule has 0 unspecified atom stereocenters. The van der Waals surface area contributed by atoms with E-state index < -0.39 is 17.8 Å². The van der Waals surface area contributed by atoms with Crippen molar-refractivity contribution >= 4 is 52.5 Å². The quantitative estimate of drug-likeness (QED) is 0.181. The highest BCUT2D eigenvalue weighted by Crippen LogP contribution is 2.31. The van der Waals surface area contributed by atoms with E-state index in [0.717, 1.165) is 51.4 Å². The maximum Gasteiger partial charge on any atom is 0.416 e. The molecule has 0 radical (unpaired) electrons. The van der Waals surface area contributed by atoms with Crippen molar-refractivity contribution in [3.8, 4) is 0 Å². The average Bonchev–Trinajstić information content (AvgIpc) is 3.45. The van der Waals surface area contributed by atoms with E-state index in [9.17, 15) is 9.59 Å². The van der Waals surface area contributed by atoms with Crippen molar-refractivity contribution in [2.45, 2.75) is 63.3 Å². The molecule has 1 aliphatic rings. The van der Waals surface area contributed by atoms with Crippen LogP contribution < -0.4 is 15.1 Å². The van der Waals surface area contributed by atoms with E-state index in [4.69, 9.17) is 19.2 Å². The molecule has 1 aromatic carbocycles. The first-order valence-corrected chi connectivity index (χ1v) is 16.3. The minimum atomic E-state index is -0.723. The van der Waals surface area contributed by atoms with Gasteiger partial charge in [0.2, 0.25) is 0 Å². The number of nitrogens with zero attached hydrogens (tertiary/aromatic N) is 5. The van der Waals surface area contributed by atoms with Gasteiger partial charge < -0.3 is 19.1 Å². The summed E-state index contributed by atoms with van der Waals surface area (Å²) >= 11 is 3.15. The Morgan fingerprint density at radius 2 is 1.95 bits per heavy atom. The summed E-state index contributed by atoms with van der Waals surface area (Å²) < 4.78 is 17.4. The number of amides is 2. The topological polar surface area (TPSA) is 119 Å². The van der Waals surface area contributed by atoms with Crippen LogP contribution >= 0.6 is 23.1 Å². The van der Waals surface area contributed by atoms with Gasteiger partial charge in [-0.15, -0.1) is 10.2 Å². The average molecular weight is 641 g/mol. The Balaban J connectivity index is 1.69. The van der Waals surface area contributed by atoms with Gasteiger partial charge in [0.25, 0.3) is 0 Å². The standard InChI is InChI=1S/C31H40N6O5S2/c1-7-11-41-28(38)33-23-15-21(3)14-22(16-23)19-37(30(39)42-31(4,5)6)26-18-25(36-9-12-40-13-10-36)17-24(32-26)20-43-29-35-34-27(8-2)44-29/h7,14-18H,1,8-13,19-20H2,2-6H3,(H,33,38). The lowest BCUT2D eigenvalue weighted by molar-refractivity contribution is 0.0576. The smallest absolute Gasteiger partial charge is 0.416 e. The number of morpholine rings is 1. The van der Waals surface area contributed by atoms with Crippen LogP contribution in [0.4, 0.5) is 26.8 Å². The van der Waals surface area contributed by atoms with Crippen LogP contribution in [0.25, 0.3) is 0 Å². The van der Waals surface area contributed by atoms with E-state index in [-0.39, 0.29) is 13.2 Å². The molecule has 4 rings (SSSR count). The van der Waals surface area contributed by atoms with Gasteiger partial charge >= 0.3 is 12.2 Å².